The van der Waals surface area contributed by atoms with Gasteiger partial charge in [0.1, 0.15) is 0 Å². The molecule has 0 radical (unpaired) electrons. The van der Waals surface area contributed by atoms with E-state index >= 15 is 0 Å². The highest BCUT2D eigenvalue weighted by Crippen LogP contribution is 2.40. The molecule has 0 aromatic carbocycles. The van der Waals surface area contributed by atoms with E-state index in [1.165, 1.54) is 11.3 Å². The first-order valence-corrected chi connectivity index (χ1v) is 7.76. The number of alkyl halides is 3. The lowest BCUT2D eigenvalue weighted by atomic mass is 9.97. The van der Waals surface area contributed by atoms with Gasteiger partial charge in [-0.2, -0.15) is 13.2 Å². The predicted molar refractivity (Wildman–Crippen MR) is 71.0 cm³/mol. The molecule has 1 aliphatic heterocycles. The Balaban J connectivity index is 1.70. The van der Waals surface area contributed by atoms with Gasteiger partial charge in [-0.3, -0.25) is 0 Å². The molecule has 3 nitrogen and oxygen atoms in total. The van der Waals surface area contributed by atoms with Crippen LogP contribution in [0.1, 0.15) is 42.4 Å². The summed E-state index contributed by atoms with van der Waals surface area (Å²) in [5, 5.41) is 10.7. The second-order valence-electron chi connectivity index (χ2n) is 5.52. The molecule has 112 valence electrons. The zero-order valence-corrected chi connectivity index (χ0v) is 11.8. The van der Waals surface area contributed by atoms with Crippen LogP contribution in [0.3, 0.4) is 0 Å². The van der Waals surface area contributed by atoms with Gasteiger partial charge in [-0.1, -0.05) is 11.3 Å². The van der Waals surface area contributed by atoms with Crippen LogP contribution in [-0.4, -0.2) is 29.4 Å². The third-order valence-corrected chi connectivity index (χ3v) is 5.40. The van der Waals surface area contributed by atoms with Crippen LogP contribution in [-0.2, 0) is 6.42 Å². The zero-order chi connectivity index (χ0) is 14.3. The van der Waals surface area contributed by atoms with Gasteiger partial charge in [0.15, 0.2) is 5.13 Å². The molecule has 2 heterocycles. The van der Waals surface area contributed by atoms with Gasteiger partial charge in [0, 0.05) is 13.1 Å². The molecular weight excluding hydrogens is 289 g/mol. The van der Waals surface area contributed by atoms with Gasteiger partial charge in [-0.25, -0.2) is 4.98 Å². The molecule has 0 spiro atoms. The molecule has 1 saturated heterocycles. The van der Waals surface area contributed by atoms with Crippen LogP contribution in [0.4, 0.5) is 18.3 Å². The van der Waals surface area contributed by atoms with Crippen LogP contribution in [0.5, 0.6) is 0 Å². The molecular formula is C13H17F3N2OS. The van der Waals surface area contributed by atoms with Gasteiger partial charge >= 0.3 is 6.18 Å². The topological polar surface area (TPSA) is 36.4 Å². The van der Waals surface area contributed by atoms with Gasteiger partial charge in [0.05, 0.1) is 22.6 Å². The van der Waals surface area contributed by atoms with E-state index in [9.17, 15) is 18.3 Å². The maximum Gasteiger partial charge on any atom is 0.391 e. The number of fused-ring (bicyclic) bond motifs is 1. The first kappa shape index (κ1) is 14.1. The first-order chi connectivity index (χ1) is 9.45. The molecule has 0 amide bonds. The molecule has 0 bridgehead atoms. The van der Waals surface area contributed by atoms with Crippen LogP contribution in [0.15, 0.2) is 0 Å². The van der Waals surface area contributed by atoms with E-state index in [0.717, 1.165) is 35.0 Å². The maximum atomic E-state index is 12.6. The maximum absolute atomic E-state index is 12.6. The van der Waals surface area contributed by atoms with Crippen LogP contribution >= 0.6 is 11.3 Å². The molecule has 1 atom stereocenters. The molecule has 7 heteroatoms. The Labute approximate surface area is 119 Å². The number of rotatable bonds is 1. The number of thiazole rings is 1. The van der Waals surface area contributed by atoms with E-state index in [0.29, 0.717) is 13.1 Å². The molecule has 0 saturated carbocycles. The fourth-order valence-electron chi connectivity index (χ4n) is 2.92. The van der Waals surface area contributed by atoms with Crippen molar-refractivity contribution in [2.75, 3.05) is 18.0 Å². The second-order valence-corrected chi connectivity index (χ2v) is 6.53. The predicted octanol–water partition coefficient (Wildman–Crippen LogP) is 3.29. The number of halogens is 3. The smallest absolute Gasteiger partial charge is 0.388 e. The minimum absolute atomic E-state index is 0.135. The van der Waals surface area contributed by atoms with Gasteiger partial charge < -0.3 is 10.0 Å². The quantitative estimate of drug-likeness (QED) is 0.865. The van der Waals surface area contributed by atoms with E-state index < -0.39 is 18.2 Å². The van der Waals surface area contributed by atoms with E-state index in [4.69, 9.17) is 0 Å². The number of piperidine rings is 1. The van der Waals surface area contributed by atoms with Crippen molar-refractivity contribution in [1.82, 2.24) is 4.98 Å². The fraction of sp³-hybridized carbons (Fsp3) is 0.769. The fourth-order valence-corrected chi connectivity index (χ4v) is 4.10. The van der Waals surface area contributed by atoms with Crippen molar-refractivity contribution in [3.63, 3.8) is 0 Å². The monoisotopic (exact) mass is 306 g/mol. The standard InChI is InChI=1S/C13H17F3N2OS/c14-13(15,16)8-4-6-18(7-5-8)12-17-9-2-1-3-10(19)11(9)20-12/h8,10,19H,1-7H2. The number of aryl methyl sites for hydroxylation is 1. The summed E-state index contributed by atoms with van der Waals surface area (Å²) in [4.78, 5) is 7.35. The van der Waals surface area contributed by atoms with Crippen molar-refractivity contribution in [2.24, 2.45) is 5.92 Å². The van der Waals surface area contributed by atoms with Gasteiger partial charge in [0.2, 0.25) is 0 Å². The van der Waals surface area contributed by atoms with Crippen molar-refractivity contribution in [1.29, 1.82) is 0 Å². The summed E-state index contributed by atoms with van der Waals surface area (Å²) in [6.45, 7) is 0.791. The molecule has 20 heavy (non-hydrogen) atoms. The highest BCUT2D eigenvalue weighted by atomic mass is 32.1. The van der Waals surface area contributed by atoms with Crippen LogP contribution in [0.25, 0.3) is 0 Å². The van der Waals surface area contributed by atoms with Crippen LogP contribution in [0, 0.1) is 5.92 Å². The SMILES string of the molecule is OC1CCCc2nc(N3CCC(C(F)(F)F)CC3)sc21. The normalized spacial score (nSPS) is 24.8. The lowest BCUT2D eigenvalue weighted by Crippen LogP contribution is -2.38. The number of hydrogen-bond donors (Lipinski definition) is 1. The molecule has 2 aliphatic rings. The average Bonchev–Trinajstić information content (AvgIpc) is 2.83. The molecule has 1 unspecified atom stereocenters. The van der Waals surface area contributed by atoms with E-state index in [2.05, 4.69) is 4.98 Å². The summed E-state index contributed by atoms with van der Waals surface area (Å²) >= 11 is 1.44. The van der Waals surface area contributed by atoms with Crippen molar-refractivity contribution in [2.45, 2.75) is 44.4 Å². The Kier molecular flexibility index (Phi) is 3.66. The lowest BCUT2D eigenvalue weighted by Gasteiger charge is -2.32. The Morgan fingerprint density at radius 3 is 2.50 bits per heavy atom. The van der Waals surface area contributed by atoms with Crippen molar-refractivity contribution < 1.29 is 18.3 Å². The molecule has 1 aromatic rings. The Morgan fingerprint density at radius 2 is 1.90 bits per heavy atom. The van der Waals surface area contributed by atoms with E-state index in [-0.39, 0.29) is 12.8 Å². The number of aromatic nitrogens is 1. The van der Waals surface area contributed by atoms with Gasteiger partial charge in [-0.15, -0.1) is 0 Å². The molecule has 3 rings (SSSR count). The van der Waals surface area contributed by atoms with Crippen LogP contribution in [0.2, 0.25) is 0 Å². The summed E-state index contributed by atoms with van der Waals surface area (Å²) in [5.74, 6) is -1.18. The molecule has 1 aromatic heterocycles. The van der Waals surface area contributed by atoms with E-state index in [1.807, 2.05) is 4.90 Å². The number of hydrogen-bond acceptors (Lipinski definition) is 4. The summed E-state index contributed by atoms with van der Waals surface area (Å²) in [7, 11) is 0. The summed E-state index contributed by atoms with van der Waals surface area (Å²) < 4.78 is 37.9. The Bertz CT molecular complexity index is 480. The number of anilines is 1. The average molecular weight is 306 g/mol. The number of aliphatic hydroxyl groups is 1. The third kappa shape index (κ3) is 2.65. The third-order valence-electron chi connectivity index (χ3n) is 4.14. The minimum atomic E-state index is -4.08. The largest absolute Gasteiger partial charge is 0.391 e. The first-order valence-electron chi connectivity index (χ1n) is 6.94. The lowest BCUT2D eigenvalue weighted by molar-refractivity contribution is -0.179. The minimum Gasteiger partial charge on any atom is -0.388 e. The van der Waals surface area contributed by atoms with Crippen molar-refractivity contribution in [3.05, 3.63) is 10.6 Å². The van der Waals surface area contributed by atoms with Crippen molar-refractivity contribution >= 4 is 16.5 Å². The molecule has 1 fully saturated rings. The highest BCUT2D eigenvalue weighted by Gasteiger charge is 2.41. The second kappa shape index (κ2) is 5.18. The number of aliphatic hydroxyl groups excluding tert-OH is 1. The number of nitrogens with zero attached hydrogens (tertiary/aromatic N) is 2. The van der Waals surface area contributed by atoms with Crippen LogP contribution < -0.4 is 4.90 Å². The summed E-state index contributed by atoms with van der Waals surface area (Å²) in [6.07, 6.45) is -1.71. The van der Waals surface area contributed by atoms with Gasteiger partial charge in [0.25, 0.3) is 0 Å². The summed E-state index contributed by atoms with van der Waals surface area (Å²) in [5.41, 5.74) is 0.932. The zero-order valence-electron chi connectivity index (χ0n) is 11.0. The summed E-state index contributed by atoms with van der Waals surface area (Å²) in [6, 6.07) is 0. The van der Waals surface area contributed by atoms with Crippen molar-refractivity contribution in [3.8, 4) is 0 Å². The van der Waals surface area contributed by atoms with Gasteiger partial charge in [-0.05, 0) is 32.1 Å². The Hall–Kier alpha value is -0.820. The Morgan fingerprint density at radius 1 is 1.20 bits per heavy atom. The molecule has 1 N–H and O–H groups in total. The van der Waals surface area contributed by atoms with E-state index in [1.54, 1.807) is 0 Å². The highest BCUT2D eigenvalue weighted by molar-refractivity contribution is 7.15. The molecule has 1 aliphatic carbocycles.